The predicted molar refractivity (Wildman–Crippen MR) is 107 cm³/mol. The van der Waals surface area contributed by atoms with Crippen LogP contribution in [0.3, 0.4) is 0 Å². The highest BCUT2D eigenvalue weighted by Crippen LogP contribution is 2.29. The number of fused-ring (bicyclic) bond motifs is 1. The number of benzene rings is 1. The van der Waals surface area contributed by atoms with Crippen LogP contribution in [-0.2, 0) is 47.3 Å². The molecule has 1 aliphatic heterocycles. The van der Waals surface area contributed by atoms with Gasteiger partial charge in [0.15, 0.2) is 0 Å². The molecule has 0 unspecified atom stereocenters. The van der Waals surface area contributed by atoms with Gasteiger partial charge in [-0.1, -0.05) is 29.8 Å². The molecule has 0 aliphatic carbocycles. The Morgan fingerprint density at radius 1 is 1.19 bits per heavy atom. The van der Waals surface area contributed by atoms with Gasteiger partial charge >= 0.3 is 12.1 Å². The third-order valence-corrected chi connectivity index (χ3v) is 6.33. The topological polar surface area (TPSA) is 95.7 Å². The zero-order chi connectivity index (χ0) is 23.6. The fourth-order valence-electron chi connectivity index (χ4n) is 3.05. The number of sulfonamides is 1. The molecule has 3 rings (SSSR count). The monoisotopic (exact) mass is 462 g/mol. The van der Waals surface area contributed by atoms with E-state index in [2.05, 4.69) is 5.10 Å². The molecular formula is C19H25F3N4O4S. The summed E-state index contributed by atoms with van der Waals surface area (Å²) in [7, 11) is 2.51. The number of nitrogens with zero attached hydrogens (tertiary/aromatic N) is 4. The number of halogens is 3. The average Bonchev–Trinajstić information content (AvgIpc) is 3.19. The first-order chi connectivity index (χ1) is 14.2. The highest BCUT2D eigenvalue weighted by molar-refractivity contribution is 7.88. The number of rotatable bonds is 5. The highest BCUT2D eigenvalue weighted by Gasteiger charge is 2.38. The maximum atomic E-state index is 12.8. The Morgan fingerprint density at radius 2 is 1.74 bits per heavy atom. The van der Waals surface area contributed by atoms with E-state index in [0.29, 0.717) is 13.1 Å². The summed E-state index contributed by atoms with van der Waals surface area (Å²) in [5.74, 6) is -2.72. The fourth-order valence-corrected chi connectivity index (χ4v) is 4.49. The van der Waals surface area contributed by atoms with Crippen molar-refractivity contribution in [3.05, 3.63) is 52.3 Å². The van der Waals surface area contributed by atoms with Crippen LogP contribution >= 0.6 is 0 Å². The highest BCUT2D eigenvalue weighted by atomic mass is 32.2. The quantitative estimate of drug-likeness (QED) is 0.733. The third kappa shape index (κ3) is 6.52. The van der Waals surface area contributed by atoms with Gasteiger partial charge in [0.2, 0.25) is 10.0 Å². The molecule has 0 amide bonds. The van der Waals surface area contributed by atoms with Gasteiger partial charge in [0.1, 0.15) is 0 Å². The second kappa shape index (κ2) is 9.37. The van der Waals surface area contributed by atoms with Crippen molar-refractivity contribution in [1.82, 2.24) is 19.0 Å². The summed E-state index contributed by atoms with van der Waals surface area (Å²) in [6.45, 7) is 3.53. The van der Waals surface area contributed by atoms with E-state index in [1.54, 1.807) is 4.31 Å². The van der Waals surface area contributed by atoms with Crippen molar-refractivity contribution in [2.45, 2.75) is 38.5 Å². The van der Waals surface area contributed by atoms with Crippen LogP contribution < -0.4 is 0 Å². The average molecular weight is 462 g/mol. The summed E-state index contributed by atoms with van der Waals surface area (Å²) in [4.78, 5) is 10.9. The lowest BCUT2D eigenvalue weighted by molar-refractivity contribution is -0.192. The molecule has 0 spiro atoms. The molecule has 1 N–H and O–H groups in total. The second-order valence-electron chi connectivity index (χ2n) is 7.55. The van der Waals surface area contributed by atoms with Gasteiger partial charge in [-0.25, -0.2) is 13.2 Å². The minimum absolute atomic E-state index is 0.0394. The van der Waals surface area contributed by atoms with Crippen molar-refractivity contribution in [3.8, 4) is 0 Å². The molecule has 1 aromatic carbocycles. The summed E-state index contributed by atoms with van der Waals surface area (Å²) in [6, 6.07) is 7.66. The molecule has 172 valence electrons. The van der Waals surface area contributed by atoms with Crippen molar-refractivity contribution >= 4 is 16.0 Å². The summed E-state index contributed by atoms with van der Waals surface area (Å²) in [5.41, 5.74) is 4.97. The summed E-state index contributed by atoms with van der Waals surface area (Å²) >= 11 is 0. The first-order valence-corrected chi connectivity index (χ1v) is 10.8. The number of hydrogen-bond acceptors (Lipinski definition) is 5. The number of aryl methyl sites for hydroxylation is 2. The second-order valence-corrected chi connectivity index (χ2v) is 9.52. The zero-order valence-corrected chi connectivity index (χ0v) is 18.5. The van der Waals surface area contributed by atoms with Crippen LogP contribution in [0.15, 0.2) is 24.3 Å². The lowest BCUT2D eigenvalue weighted by atomic mass is 10.2. The normalized spacial score (nSPS) is 14.3. The summed E-state index contributed by atoms with van der Waals surface area (Å²) in [6.07, 6.45) is -5.08. The van der Waals surface area contributed by atoms with Gasteiger partial charge in [0.25, 0.3) is 0 Å². The van der Waals surface area contributed by atoms with Crippen LogP contribution in [0, 0.1) is 6.92 Å². The number of hydrogen-bond donors (Lipinski definition) is 1. The molecule has 1 aromatic heterocycles. The van der Waals surface area contributed by atoms with Crippen LogP contribution in [0.1, 0.15) is 28.1 Å². The van der Waals surface area contributed by atoms with Crippen molar-refractivity contribution in [2.24, 2.45) is 7.05 Å². The molecule has 0 saturated carbocycles. The zero-order valence-electron chi connectivity index (χ0n) is 17.6. The van der Waals surface area contributed by atoms with Gasteiger partial charge in [0.05, 0.1) is 23.7 Å². The molecule has 12 heteroatoms. The maximum Gasteiger partial charge on any atom is 0.490 e. The van der Waals surface area contributed by atoms with E-state index in [-0.39, 0.29) is 5.75 Å². The van der Waals surface area contributed by atoms with Gasteiger partial charge in [-0.3, -0.25) is 4.68 Å². The van der Waals surface area contributed by atoms with E-state index in [4.69, 9.17) is 9.90 Å². The first-order valence-electron chi connectivity index (χ1n) is 9.22. The van der Waals surface area contributed by atoms with Gasteiger partial charge in [-0.2, -0.15) is 22.6 Å². The number of aliphatic carboxylic acids is 1. The van der Waals surface area contributed by atoms with Gasteiger partial charge in [-0.15, -0.1) is 0 Å². The molecule has 2 aromatic rings. The Labute approximate surface area is 178 Å². The van der Waals surface area contributed by atoms with Gasteiger partial charge < -0.3 is 10.0 Å². The Kier molecular flexibility index (Phi) is 7.50. The Hall–Kier alpha value is -2.44. The minimum atomic E-state index is -5.08. The molecular weight excluding hydrogens is 437 g/mol. The molecule has 31 heavy (non-hydrogen) atoms. The standard InChI is InChI=1S/C17H24N4O2S.C2HF3O2/c1-13-5-7-14(8-6-13)12-24(22,23)21-9-15-16(10-19(2)3)18-20(4)17(15)11-21;3-2(4,5)1(6)7/h5-8H,9-12H2,1-4H3;(H,6,7). The van der Waals surface area contributed by atoms with Gasteiger partial charge in [-0.05, 0) is 26.6 Å². The number of aromatic nitrogens is 2. The smallest absolute Gasteiger partial charge is 0.475 e. The van der Waals surface area contributed by atoms with Crippen LogP contribution in [0.5, 0.6) is 0 Å². The van der Waals surface area contributed by atoms with Crippen molar-refractivity contribution in [2.75, 3.05) is 14.1 Å². The molecule has 0 radical (unpaired) electrons. The first kappa shape index (κ1) is 24.8. The van der Waals surface area contributed by atoms with Crippen molar-refractivity contribution in [1.29, 1.82) is 0 Å². The summed E-state index contributed by atoms with van der Waals surface area (Å²) < 4.78 is 60.7. The van der Waals surface area contributed by atoms with Crippen LogP contribution in [0.4, 0.5) is 13.2 Å². The molecule has 0 bridgehead atoms. The number of alkyl halides is 3. The van der Waals surface area contributed by atoms with Gasteiger partial charge in [0, 0.05) is 25.7 Å². The predicted octanol–water partition coefficient (Wildman–Crippen LogP) is 2.27. The van der Waals surface area contributed by atoms with Crippen molar-refractivity contribution < 1.29 is 31.5 Å². The molecule has 1 aliphatic rings. The molecule has 0 atom stereocenters. The lowest BCUT2D eigenvalue weighted by Gasteiger charge is -2.17. The van der Waals surface area contributed by atoms with E-state index in [1.807, 2.05) is 61.9 Å². The number of carbonyl (C=O) groups is 1. The SMILES string of the molecule is Cc1ccc(CS(=O)(=O)N2Cc3c(CN(C)C)nn(C)c3C2)cc1.O=C(O)C(F)(F)F. The Bertz CT molecular complexity index is 1030. The molecule has 0 fully saturated rings. The van der Waals surface area contributed by atoms with Crippen LogP contribution in [-0.4, -0.2) is 58.8 Å². The lowest BCUT2D eigenvalue weighted by Crippen LogP contribution is -2.28. The van der Waals surface area contributed by atoms with E-state index >= 15 is 0 Å². The fraction of sp³-hybridized carbons (Fsp3) is 0.474. The molecule has 2 heterocycles. The number of carboxylic acids is 1. The molecule has 0 saturated heterocycles. The van der Waals surface area contributed by atoms with E-state index < -0.39 is 22.2 Å². The third-order valence-electron chi connectivity index (χ3n) is 4.59. The summed E-state index contributed by atoms with van der Waals surface area (Å²) in [5, 5.41) is 11.7. The van der Waals surface area contributed by atoms with Crippen LogP contribution in [0.2, 0.25) is 0 Å². The number of carboxylic acid groups (broad SMARTS) is 1. The minimum Gasteiger partial charge on any atom is -0.475 e. The van der Waals surface area contributed by atoms with E-state index in [0.717, 1.165) is 34.6 Å². The van der Waals surface area contributed by atoms with E-state index in [9.17, 15) is 21.6 Å². The Morgan fingerprint density at radius 3 is 2.23 bits per heavy atom. The molecule has 8 nitrogen and oxygen atoms in total. The Balaban J connectivity index is 0.000000423. The maximum absolute atomic E-state index is 12.8. The van der Waals surface area contributed by atoms with Crippen LogP contribution in [0.25, 0.3) is 0 Å². The largest absolute Gasteiger partial charge is 0.490 e. The van der Waals surface area contributed by atoms with Crippen molar-refractivity contribution in [3.63, 3.8) is 0 Å². The van der Waals surface area contributed by atoms with E-state index in [1.165, 1.54) is 0 Å².